The second-order valence-electron chi connectivity index (χ2n) is 2.94. The average molecular weight is 337 g/mol. The molecule has 0 aromatic carbocycles. The highest BCUT2D eigenvalue weighted by Crippen LogP contribution is 1.86. The summed E-state index contributed by atoms with van der Waals surface area (Å²) in [6, 6.07) is 0. The van der Waals surface area contributed by atoms with Crippen molar-refractivity contribution in [1.82, 2.24) is 9.62 Å². The topological polar surface area (TPSA) is 136 Å². The maximum absolute atomic E-state index is 10.4. The zero-order valence-electron chi connectivity index (χ0n) is 10.9. The van der Waals surface area contributed by atoms with Crippen molar-refractivity contribution < 1.29 is 16.8 Å². The number of hydrogen-bond donors (Lipinski definition) is 3. The van der Waals surface area contributed by atoms with Gasteiger partial charge >= 0.3 is 0 Å². The van der Waals surface area contributed by atoms with E-state index in [9.17, 15) is 16.8 Å². The molecular formula is C8H21ClN4O4S2. The molecule has 11 heteroatoms. The van der Waals surface area contributed by atoms with E-state index in [-0.39, 0.29) is 6.54 Å². The summed E-state index contributed by atoms with van der Waals surface area (Å²) in [6.45, 7) is 7.99. The van der Waals surface area contributed by atoms with Gasteiger partial charge in [0.05, 0.1) is 0 Å². The zero-order valence-corrected chi connectivity index (χ0v) is 13.3. The Morgan fingerprint density at radius 3 is 1.63 bits per heavy atom. The van der Waals surface area contributed by atoms with Crippen LogP contribution in [0.15, 0.2) is 25.3 Å². The van der Waals surface area contributed by atoms with Gasteiger partial charge in [-0.05, 0) is 7.05 Å². The Hall–Kier alpha value is -0.490. The van der Waals surface area contributed by atoms with Crippen molar-refractivity contribution in [3.05, 3.63) is 25.3 Å². The van der Waals surface area contributed by atoms with Gasteiger partial charge in [0.15, 0.2) is 0 Å². The third-order valence-electron chi connectivity index (χ3n) is 1.17. The summed E-state index contributed by atoms with van der Waals surface area (Å²) in [5, 5.41) is 11.7. The van der Waals surface area contributed by atoms with Gasteiger partial charge in [0, 0.05) is 30.8 Å². The molecule has 0 atom stereocenters. The molecule has 0 aliphatic carbocycles. The lowest BCUT2D eigenvalue weighted by molar-refractivity contribution is 0.501. The molecule has 0 radical (unpaired) electrons. The van der Waals surface area contributed by atoms with Crippen LogP contribution in [0.25, 0.3) is 0 Å². The number of nitrogens with two attached hydrogens (primary N) is 2. The van der Waals surface area contributed by atoms with E-state index in [1.165, 1.54) is 13.1 Å². The normalized spacial score (nSPS) is 10.6. The first kappa shape index (κ1) is 23.6. The second-order valence-corrected chi connectivity index (χ2v) is 6.83. The first-order valence-electron chi connectivity index (χ1n) is 4.72. The van der Waals surface area contributed by atoms with Crippen LogP contribution in [0.1, 0.15) is 0 Å². The molecule has 0 aromatic rings. The van der Waals surface area contributed by atoms with Crippen molar-refractivity contribution in [2.75, 3.05) is 27.2 Å². The third kappa shape index (κ3) is 38.1. The van der Waals surface area contributed by atoms with Crippen LogP contribution in [0.3, 0.4) is 0 Å². The Kier molecular flexibility index (Phi) is 15.6. The molecule has 0 heterocycles. The largest absolute Gasteiger partial charge is 0.316 e. The predicted molar refractivity (Wildman–Crippen MR) is 79.0 cm³/mol. The van der Waals surface area contributed by atoms with Gasteiger partial charge in [0.1, 0.15) is 0 Å². The molecule has 8 nitrogen and oxygen atoms in total. The van der Waals surface area contributed by atoms with E-state index in [1.54, 1.807) is 0 Å². The van der Waals surface area contributed by atoms with Gasteiger partial charge in [-0.25, -0.2) is 10.3 Å². The Labute approximate surface area is 119 Å². The minimum absolute atomic E-state index is 0.249. The second kappa shape index (κ2) is 12.5. The Morgan fingerprint density at radius 1 is 1.21 bits per heavy atom. The number of hydrogen-bond acceptors (Lipinski definition) is 5. The van der Waals surface area contributed by atoms with Crippen molar-refractivity contribution in [1.29, 1.82) is 0 Å². The molecule has 0 unspecified atom stereocenters. The fourth-order valence-electron chi connectivity index (χ4n) is 0.430. The van der Waals surface area contributed by atoms with Crippen LogP contribution in [0.4, 0.5) is 0 Å². The van der Waals surface area contributed by atoms with Gasteiger partial charge in [0.2, 0.25) is 0 Å². The van der Waals surface area contributed by atoms with Gasteiger partial charge in [0.25, 0.3) is 19.4 Å². The number of rotatable bonds is 5. The van der Waals surface area contributed by atoms with Crippen LogP contribution in [0, 0.1) is 0 Å². The van der Waals surface area contributed by atoms with Crippen molar-refractivity contribution >= 4 is 30.1 Å². The molecule has 0 aliphatic heterocycles. The SMILES string of the molecule is C=CCN(C)S(N)(=O)=O.C=CCNC.NS(=O)(=O)Cl. The van der Waals surface area contributed by atoms with Crippen LogP contribution in [-0.2, 0) is 19.4 Å². The summed E-state index contributed by atoms with van der Waals surface area (Å²) in [5.41, 5.74) is 0. The van der Waals surface area contributed by atoms with E-state index in [4.69, 9.17) is 5.14 Å². The predicted octanol–water partition coefficient (Wildman–Crippen LogP) is -0.872. The Balaban J connectivity index is -0.000000219. The molecule has 0 amide bonds. The molecule has 116 valence electrons. The van der Waals surface area contributed by atoms with Crippen molar-refractivity contribution in [2.24, 2.45) is 10.3 Å². The molecule has 5 N–H and O–H groups in total. The monoisotopic (exact) mass is 336 g/mol. The zero-order chi connectivity index (χ0) is 16.1. The minimum atomic E-state index is -3.69. The van der Waals surface area contributed by atoms with E-state index < -0.39 is 19.4 Å². The van der Waals surface area contributed by atoms with Crippen LogP contribution in [0.2, 0.25) is 0 Å². The quantitative estimate of drug-likeness (QED) is 0.443. The molecule has 0 saturated carbocycles. The molecule has 19 heavy (non-hydrogen) atoms. The number of likely N-dealkylation sites (N-methyl/N-ethyl adjacent to an activating group) is 2. The van der Waals surface area contributed by atoms with Crippen LogP contribution < -0.4 is 15.6 Å². The molecule has 0 aromatic heterocycles. The Bertz CT molecular complexity index is 428. The minimum Gasteiger partial charge on any atom is -0.316 e. The number of halogens is 1. The van der Waals surface area contributed by atoms with E-state index >= 15 is 0 Å². The van der Waals surface area contributed by atoms with Crippen molar-refractivity contribution in [2.45, 2.75) is 0 Å². The lowest BCUT2D eigenvalue weighted by atomic mass is 10.6. The highest BCUT2D eigenvalue weighted by Gasteiger charge is 2.07. The third-order valence-corrected chi connectivity index (χ3v) is 2.19. The Morgan fingerprint density at radius 2 is 1.58 bits per heavy atom. The van der Waals surface area contributed by atoms with Crippen LogP contribution >= 0.6 is 10.7 Å². The van der Waals surface area contributed by atoms with Crippen LogP contribution in [-0.4, -0.2) is 48.3 Å². The fourth-order valence-corrected chi connectivity index (χ4v) is 0.743. The molecule has 0 spiro atoms. The first-order valence-corrected chi connectivity index (χ1v) is 8.60. The number of nitrogens with one attached hydrogen (secondary N) is 1. The summed E-state index contributed by atoms with van der Waals surface area (Å²) in [7, 11) is 0.359. The first-order chi connectivity index (χ1) is 8.40. The summed E-state index contributed by atoms with van der Waals surface area (Å²) < 4.78 is 40.1. The molecule has 0 saturated heterocycles. The molecule has 0 bridgehead atoms. The standard InChI is InChI=1S/C4H10N2O2S.C4H9N.ClH2NO2S/c1-3-4-6(2)9(5,7)8;1-3-4-5-2;1-5(2,3)4/h3H,1,4H2,2H3,(H2,5,7,8);3,5H,1,4H2,2H3;(H2,2,3,4). The van der Waals surface area contributed by atoms with Gasteiger partial charge in [-0.3, -0.25) is 0 Å². The van der Waals surface area contributed by atoms with Crippen LogP contribution in [0.5, 0.6) is 0 Å². The lowest BCUT2D eigenvalue weighted by Crippen LogP contribution is -2.33. The highest BCUT2D eigenvalue weighted by molar-refractivity contribution is 8.11. The molecule has 0 aliphatic rings. The highest BCUT2D eigenvalue weighted by atomic mass is 35.7. The van der Waals surface area contributed by atoms with Crippen molar-refractivity contribution in [3.8, 4) is 0 Å². The molecule has 0 fully saturated rings. The number of nitrogens with zero attached hydrogens (tertiary/aromatic N) is 1. The van der Waals surface area contributed by atoms with E-state index in [2.05, 4.69) is 34.3 Å². The summed E-state index contributed by atoms with van der Waals surface area (Å²) in [4.78, 5) is 0. The van der Waals surface area contributed by atoms with Gasteiger partial charge in [-0.15, -0.1) is 13.2 Å². The van der Waals surface area contributed by atoms with E-state index in [0.29, 0.717) is 0 Å². The van der Waals surface area contributed by atoms with Crippen molar-refractivity contribution in [3.63, 3.8) is 0 Å². The maximum atomic E-state index is 10.4. The maximum Gasteiger partial charge on any atom is 0.294 e. The lowest BCUT2D eigenvalue weighted by Gasteiger charge is -2.08. The van der Waals surface area contributed by atoms with Gasteiger partial charge in [-0.1, -0.05) is 12.2 Å². The van der Waals surface area contributed by atoms with Gasteiger partial charge < -0.3 is 5.32 Å². The summed E-state index contributed by atoms with van der Waals surface area (Å²) >= 11 is 0. The smallest absolute Gasteiger partial charge is 0.294 e. The average Bonchev–Trinajstić information content (AvgIpc) is 2.16. The van der Waals surface area contributed by atoms with E-state index in [1.807, 2.05) is 13.1 Å². The fraction of sp³-hybridized carbons (Fsp3) is 0.500. The molecular weight excluding hydrogens is 316 g/mol. The van der Waals surface area contributed by atoms with E-state index in [0.717, 1.165) is 10.8 Å². The molecule has 0 rings (SSSR count). The van der Waals surface area contributed by atoms with Gasteiger partial charge in [-0.2, -0.15) is 21.1 Å². The summed E-state index contributed by atoms with van der Waals surface area (Å²) in [6.07, 6.45) is 3.28. The summed E-state index contributed by atoms with van der Waals surface area (Å²) in [5.74, 6) is 0.